The summed E-state index contributed by atoms with van der Waals surface area (Å²) in [4.78, 5) is 18.1. The summed E-state index contributed by atoms with van der Waals surface area (Å²) in [6.07, 6.45) is 3.33. The van der Waals surface area contributed by atoms with E-state index in [1.807, 2.05) is 13.8 Å². The van der Waals surface area contributed by atoms with Gasteiger partial charge in [0.1, 0.15) is 0 Å². The molecule has 7 heteroatoms. The Bertz CT molecular complexity index is 440. The lowest BCUT2D eigenvalue weighted by molar-refractivity contribution is -0.131. The number of rotatable bonds is 8. The molecule has 0 bridgehead atoms. The highest BCUT2D eigenvalue weighted by Crippen LogP contribution is 2.25. The zero-order valence-electron chi connectivity index (χ0n) is 13.9. The molecule has 0 unspecified atom stereocenters. The van der Waals surface area contributed by atoms with Gasteiger partial charge in [-0.3, -0.25) is 4.79 Å². The van der Waals surface area contributed by atoms with Crippen LogP contribution in [-0.2, 0) is 17.6 Å². The summed E-state index contributed by atoms with van der Waals surface area (Å²) >= 11 is 1.73. The second kappa shape index (κ2) is 11.2. The van der Waals surface area contributed by atoms with E-state index >= 15 is 0 Å². The molecule has 3 N–H and O–H groups in total. The lowest BCUT2D eigenvalue weighted by atomic mass is 9.81. The fourth-order valence-electron chi connectivity index (χ4n) is 2.35. The van der Waals surface area contributed by atoms with Crippen LogP contribution < -0.4 is 11.1 Å². The SMILES string of the molecule is CCc1nc(CCNC(=O)C(CC)(CC)CN)sc1C.Cl.Cl. The van der Waals surface area contributed by atoms with Gasteiger partial charge < -0.3 is 11.1 Å². The maximum atomic E-state index is 12.3. The van der Waals surface area contributed by atoms with Crippen molar-refractivity contribution in [2.24, 2.45) is 11.1 Å². The van der Waals surface area contributed by atoms with Gasteiger partial charge in [-0.25, -0.2) is 4.98 Å². The number of carbonyl (C=O) groups excluding carboxylic acids is 1. The minimum absolute atomic E-state index is 0. The number of amides is 1. The Balaban J connectivity index is 0. The average molecular weight is 370 g/mol. The van der Waals surface area contributed by atoms with Crippen molar-refractivity contribution in [3.63, 3.8) is 0 Å². The van der Waals surface area contributed by atoms with Crippen LogP contribution in [0.15, 0.2) is 0 Å². The molecule has 4 nitrogen and oxygen atoms in total. The fourth-order valence-corrected chi connectivity index (χ4v) is 3.37. The van der Waals surface area contributed by atoms with Gasteiger partial charge in [-0.05, 0) is 26.2 Å². The predicted molar refractivity (Wildman–Crippen MR) is 99.5 cm³/mol. The third-order valence-corrected chi connectivity index (χ3v) is 5.20. The number of nitrogens with two attached hydrogens (primary N) is 1. The normalized spacial score (nSPS) is 10.6. The minimum atomic E-state index is -0.409. The number of nitrogens with one attached hydrogen (secondary N) is 1. The van der Waals surface area contributed by atoms with E-state index in [1.54, 1.807) is 11.3 Å². The molecule has 0 spiro atoms. The van der Waals surface area contributed by atoms with Crippen LogP contribution in [0.5, 0.6) is 0 Å². The molecule has 0 radical (unpaired) electrons. The standard InChI is InChI=1S/C15H27N3OS.2ClH/c1-5-12-11(4)20-13(18-12)8-9-17-14(19)15(6-2,7-3)10-16;;/h5-10,16H2,1-4H3,(H,17,19);2*1H. The molecule has 0 fully saturated rings. The van der Waals surface area contributed by atoms with Gasteiger partial charge in [0.25, 0.3) is 0 Å². The number of carbonyl (C=O) groups is 1. The molecule has 130 valence electrons. The quantitative estimate of drug-likeness (QED) is 0.738. The number of halogens is 2. The second-order valence-electron chi connectivity index (χ2n) is 5.16. The summed E-state index contributed by atoms with van der Waals surface area (Å²) < 4.78 is 0. The molecule has 0 aliphatic heterocycles. The molecule has 0 saturated carbocycles. The molecule has 22 heavy (non-hydrogen) atoms. The van der Waals surface area contributed by atoms with Crippen LogP contribution in [0.4, 0.5) is 0 Å². The highest BCUT2D eigenvalue weighted by atomic mass is 35.5. The van der Waals surface area contributed by atoms with Gasteiger partial charge in [-0.15, -0.1) is 36.2 Å². The van der Waals surface area contributed by atoms with Gasteiger partial charge in [0.15, 0.2) is 0 Å². The van der Waals surface area contributed by atoms with E-state index in [1.165, 1.54) is 10.6 Å². The van der Waals surface area contributed by atoms with Crippen LogP contribution >= 0.6 is 36.2 Å². The van der Waals surface area contributed by atoms with Crippen molar-refractivity contribution in [1.82, 2.24) is 10.3 Å². The van der Waals surface area contributed by atoms with E-state index in [-0.39, 0.29) is 30.7 Å². The molecule has 1 aromatic heterocycles. The van der Waals surface area contributed by atoms with Gasteiger partial charge >= 0.3 is 0 Å². The summed E-state index contributed by atoms with van der Waals surface area (Å²) in [7, 11) is 0. The Hall–Kier alpha value is -0.360. The lowest BCUT2D eigenvalue weighted by Crippen LogP contribution is -2.45. The van der Waals surface area contributed by atoms with E-state index in [9.17, 15) is 4.79 Å². The Kier molecular flexibility index (Phi) is 12.2. The minimum Gasteiger partial charge on any atom is -0.355 e. The summed E-state index contributed by atoms with van der Waals surface area (Å²) in [6.45, 7) is 9.30. The van der Waals surface area contributed by atoms with Crippen LogP contribution in [0.25, 0.3) is 0 Å². The molecule has 1 aromatic rings. The molecular formula is C15H29Cl2N3OS. The lowest BCUT2D eigenvalue weighted by Gasteiger charge is -2.28. The van der Waals surface area contributed by atoms with Crippen LogP contribution in [0, 0.1) is 12.3 Å². The van der Waals surface area contributed by atoms with E-state index in [0.29, 0.717) is 13.1 Å². The van der Waals surface area contributed by atoms with E-state index in [4.69, 9.17) is 5.73 Å². The number of thiazole rings is 1. The first kappa shape index (κ1) is 23.9. The topological polar surface area (TPSA) is 68.0 Å². The highest BCUT2D eigenvalue weighted by Gasteiger charge is 2.32. The Morgan fingerprint density at radius 2 is 1.86 bits per heavy atom. The highest BCUT2D eigenvalue weighted by molar-refractivity contribution is 7.11. The molecule has 0 aromatic carbocycles. The monoisotopic (exact) mass is 369 g/mol. The smallest absolute Gasteiger partial charge is 0.227 e. The Morgan fingerprint density at radius 3 is 2.27 bits per heavy atom. The van der Waals surface area contributed by atoms with Crippen molar-refractivity contribution >= 4 is 42.1 Å². The molecule has 0 atom stereocenters. The van der Waals surface area contributed by atoms with Crippen molar-refractivity contribution in [2.45, 2.75) is 53.4 Å². The van der Waals surface area contributed by atoms with Gasteiger partial charge in [0.05, 0.1) is 16.1 Å². The third kappa shape index (κ3) is 5.69. The maximum absolute atomic E-state index is 12.3. The second-order valence-corrected chi connectivity index (χ2v) is 6.45. The zero-order chi connectivity index (χ0) is 15.2. The number of aryl methyl sites for hydroxylation is 2. The van der Waals surface area contributed by atoms with Crippen molar-refractivity contribution in [3.05, 3.63) is 15.6 Å². The van der Waals surface area contributed by atoms with Crippen molar-refractivity contribution in [3.8, 4) is 0 Å². The number of aromatic nitrogens is 1. The molecule has 1 amide bonds. The molecular weight excluding hydrogens is 341 g/mol. The molecule has 0 aliphatic carbocycles. The first-order chi connectivity index (χ1) is 9.52. The van der Waals surface area contributed by atoms with Crippen molar-refractivity contribution < 1.29 is 4.79 Å². The summed E-state index contributed by atoms with van der Waals surface area (Å²) in [5.41, 5.74) is 6.55. The zero-order valence-corrected chi connectivity index (χ0v) is 16.3. The van der Waals surface area contributed by atoms with Gasteiger partial charge in [-0.1, -0.05) is 20.8 Å². The Morgan fingerprint density at radius 1 is 1.27 bits per heavy atom. The van der Waals surface area contributed by atoms with Gasteiger partial charge in [0, 0.05) is 24.4 Å². The first-order valence-corrected chi connectivity index (χ1v) is 8.28. The Labute approximate surface area is 150 Å². The number of hydrogen-bond donors (Lipinski definition) is 2. The summed E-state index contributed by atoms with van der Waals surface area (Å²) in [5, 5.41) is 4.12. The molecule has 0 aliphatic rings. The predicted octanol–water partition coefficient (Wildman–Crippen LogP) is 3.28. The van der Waals surface area contributed by atoms with Crippen LogP contribution in [-0.4, -0.2) is 24.0 Å². The van der Waals surface area contributed by atoms with Crippen LogP contribution in [0.1, 0.15) is 49.2 Å². The molecule has 0 saturated heterocycles. The summed E-state index contributed by atoms with van der Waals surface area (Å²) in [5.74, 6) is 0.0778. The molecule has 1 heterocycles. The van der Waals surface area contributed by atoms with Crippen LogP contribution in [0.2, 0.25) is 0 Å². The third-order valence-electron chi connectivity index (χ3n) is 4.12. The summed E-state index contributed by atoms with van der Waals surface area (Å²) in [6, 6.07) is 0. The maximum Gasteiger partial charge on any atom is 0.227 e. The van der Waals surface area contributed by atoms with Crippen molar-refractivity contribution in [1.29, 1.82) is 0 Å². The van der Waals surface area contributed by atoms with E-state index in [2.05, 4.69) is 24.1 Å². The van der Waals surface area contributed by atoms with E-state index in [0.717, 1.165) is 30.7 Å². The number of hydrogen-bond acceptors (Lipinski definition) is 4. The fraction of sp³-hybridized carbons (Fsp3) is 0.733. The number of nitrogens with zero attached hydrogens (tertiary/aromatic N) is 1. The van der Waals surface area contributed by atoms with Gasteiger partial charge in [-0.2, -0.15) is 0 Å². The van der Waals surface area contributed by atoms with Crippen LogP contribution in [0.3, 0.4) is 0 Å². The largest absolute Gasteiger partial charge is 0.355 e. The van der Waals surface area contributed by atoms with Gasteiger partial charge in [0.2, 0.25) is 5.91 Å². The molecule has 1 rings (SSSR count). The van der Waals surface area contributed by atoms with E-state index < -0.39 is 5.41 Å². The first-order valence-electron chi connectivity index (χ1n) is 7.46. The average Bonchev–Trinajstić information content (AvgIpc) is 2.81. The van der Waals surface area contributed by atoms with Crippen molar-refractivity contribution in [2.75, 3.05) is 13.1 Å².